The molecule has 2 rings (SSSR count). The summed E-state index contributed by atoms with van der Waals surface area (Å²) < 4.78 is 15.7. The topological polar surface area (TPSA) is 65.8 Å². The number of nitrogens with zero attached hydrogens (tertiary/aromatic N) is 3. The van der Waals surface area contributed by atoms with E-state index in [2.05, 4.69) is 5.10 Å². The van der Waals surface area contributed by atoms with Crippen LogP contribution in [0.3, 0.4) is 0 Å². The van der Waals surface area contributed by atoms with Gasteiger partial charge in [0.15, 0.2) is 11.6 Å². The van der Waals surface area contributed by atoms with Crippen LogP contribution in [-0.2, 0) is 7.05 Å². The van der Waals surface area contributed by atoms with Crippen LogP contribution in [0.4, 0.5) is 10.1 Å². The molecule has 2 aromatic heterocycles. The molecule has 5 nitrogen and oxygen atoms in total. The van der Waals surface area contributed by atoms with E-state index in [1.807, 2.05) is 0 Å². The molecule has 78 valence electrons. The smallest absolute Gasteiger partial charge is 0.279 e. The molecule has 0 spiro atoms. The van der Waals surface area contributed by atoms with Gasteiger partial charge in [0.2, 0.25) is 0 Å². The van der Waals surface area contributed by atoms with Crippen molar-refractivity contribution >= 4 is 5.69 Å². The normalized spacial score (nSPS) is 10.5. The monoisotopic (exact) mass is 208 g/mol. The molecule has 2 N–H and O–H groups in total. The van der Waals surface area contributed by atoms with Crippen molar-refractivity contribution in [1.82, 2.24) is 14.3 Å². The lowest BCUT2D eigenvalue weighted by atomic mass is 10.4. The molecule has 0 aliphatic heterocycles. The Morgan fingerprint density at radius 1 is 1.53 bits per heavy atom. The summed E-state index contributed by atoms with van der Waals surface area (Å²) in [6.07, 6.45) is 2.61. The highest BCUT2D eigenvalue weighted by molar-refractivity contribution is 5.37. The van der Waals surface area contributed by atoms with Crippen LogP contribution in [0.2, 0.25) is 0 Å². The van der Waals surface area contributed by atoms with Crippen LogP contribution >= 0.6 is 0 Å². The van der Waals surface area contributed by atoms with Crippen molar-refractivity contribution in [3.63, 3.8) is 0 Å². The molecule has 0 amide bonds. The highest BCUT2D eigenvalue weighted by Crippen LogP contribution is 2.08. The second-order valence-corrected chi connectivity index (χ2v) is 3.11. The van der Waals surface area contributed by atoms with Gasteiger partial charge in [-0.3, -0.25) is 14.0 Å². The Bertz CT molecular complexity index is 557. The van der Waals surface area contributed by atoms with E-state index in [1.165, 1.54) is 23.1 Å². The van der Waals surface area contributed by atoms with Gasteiger partial charge in [-0.25, -0.2) is 4.39 Å². The van der Waals surface area contributed by atoms with E-state index >= 15 is 0 Å². The first-order chi connectivity index (χ1) is 7.09. The maximum Gasteiger partial charge on any atom is 0.279 e. The summed E-state index contributed by atoms with van der Waals surface area (Å²) >= 11 is 0. The van der Waals surface area contributed by atoms with Crippen LogP contribution in [0.15, 0.2) is 29.3 Å². The number of pyridine rings is 1. The SMILES string of the molecule is Cn1cc(F)c(-n2cccc(N)c2=O)n1. The molecule has 2 aromatic rings. The van der Waals surface area contributed by atoms with E-state index in [0.29, 0.717) is 0 Å². The van der Waals surface area contributed by atoms with E-state index in [4.69, 9.17) is 5.73 Å². The maximum absolute atomic E-state index is 13.3. The number of aryl methyl sites for hydroxylation is 1. The minimum Gasteiger partial charge on any atom is -0.394 e. The van der Waals surface area contributed by atoms with Crippen LogP contribution in [0, 0.1) is 5.82 Å². The van der Waals surface area contributed by atoms with Crippen LogP contribution in [-0.4, -0.2) is 14.3 Å². The van der Waals surface area contributed by atoms with Gasteiger partial charge in [0, 0.05) is 13.2 Å². The van der Waals surface area contributed by atoms with E-state index in [1.54, 1.807) is 13.1 Å². The predicted molar refractivity (Wildman–Crippen MR) is 53.2 cm³/mol. The lowest BCUT2D eigenvalue weighted by molar-refractivity contribution is 0.615. The Labute approximate surface area is 84.6 Å². The number of nitrogens with two attached hydrogens (primary N) is 1. The first kappa shape index (κ1) is 9.45. The van der Waals surface area contributed by atoms with Crippen LogP contribution in [0.25, 0.3) is 5.82 Å². The summed E-state index contributed by atoms with van der Waals surface area (Å²) in [5.41, 5.74) is 5.01. The van der Waals surface area contributed by atoms with E-state index < -0.39 is 11.4 Å². The quantitative estimate of drug-likeness (QED) is 0.732. The number of aromatic nitrogens is 3. The van der Waals surface area contributed by atoms with Crippen molar-refractivity contribution in [3.05, 3.63) is 40.7 Å². The molecule has 6 heteroatoms. The maximum atomic E-state index is 13.3. The van der Waals surface area contributed by atoms with Gasteiger partial charge < -0.3 is 5.73 Å². The predicted octanol–water partition coefficient (Wildman–Crippen LogP) is 0.292. The van der Waals surface area contributed by atoms with Gasteiger partial charge in [-0.05, 0) is 12.1 Å². The Hall–Kier alpha value is -2.11. The Morgan fingerprint density at radius 3 is 2.87 bits per heavy atom. The number of nitrogen functional groups attached to an aromatic ring is 1. The fourth-order valence-electron chi connectivity index (χ4n) is 1.29. The van der Waals surface area contributed by atoms with Gasteiger partial charge in [0.1, 0.15) is 0 Å². The number of halogens is 1. The number of rotatable bonds is 1. The first-order valence-electron chi connectivity index (χ1n) is 4.26. The van der Waals surface area contributed by atoms with Gasteiger partial charge in [-0.15, -0.1) is 0 Å². The summed E-state index contributed by atoms with van der Waals surface area (Å²) in [5, 5.41) is 3.83. The number of anilines is 1. The lowest BCUT2D eigenvalue weighted by Gasteiger charge is -2.01. The van der Waals surface area contributed by atoms with Crippen LogP contribution in [0.1, 0.15) is 0 Å². The van der Waals surface area contributed by atoms with E-state index in [9.17, 15) is 9.18 Å². The molecule has 0 radical (unpaired) electrons. The van der Waals surface area contributed by atoms with Crippen molar-refractivity contribution in [1.29, 1.82) is 0 Å². The third-order valence-electron chi connectivity index (χ3n) is 1.97. The fourth-order valence-corrected chi connectivity index (χ4v) is 1.29. The van der Waals surface area contributed by atoms with Crippen molar-refractivity contribution in [2.45, 2.75) is 0 Å². The molecule has 0 aliphatic rings. The highest BCUT2D eigenvalue weighted by Gasteiger charge is 2.11. The van der Waals surface area contributed by atoms with Gasteiger partial charge in [0.25, 0.3) is 5.56 Å². The molecule has 0 bridgehead atoms. The van der Waals surface area contributed by atoms with Gasteiger partial charge in [0.05, 0.1) is 11.9 Å². The van der Waals surface area contributed by atoms with Crippen molar-refractivity contribution in [2.75, 3.05) is 5.73 Å². The molecule has 0 fully saturated rings. The third kappa shape index (κ3) is 1.50. The Morgan fingerprint density at radius 2 is 2.27 bits per heavy atom. The van der Waals surface area contributed by atoms with Gasteiger partial charge in [-0.1, -0.05) is 0 Å². The molecule has 0 aromatic carbocycles. The third-order valence-corrected chi connectivity index (χ3v) is 1.97. The van der Waals surface area contributed by atoms with Crippen LogP contribution in [0.5, 0.6) is 0 Å². The number of hydrogen-bond donors (Lipinski definition) is 1. The van der Waals surface area contributed by atoms with Crippen molar-refractivity contribution < 1.29 is 4.39 Å². The summed E-state index contributed by atoms with van der Waals surface area (Å²) in [7, 11) is 1.57. The fraction of sp³-hybridized carbons (Fsp3) is 0.111. The standard InChI is InChI=1S/C9H9FN4O/c1-13-5-6(10)8(12-13)14-4-2-3-7(11)9(14)15/h2-5H,11H2,1H3. The first-order valence-corrected chi connectivity index (χ1v) is 4.26. The molecule has 0 unspecified atom stereocenters. The Balaban J connectivity index is 2.69. The second-order valence-electron chi connectivity index (χ2n) is 3.11. The molecule has 0 saturated carbocycles. The lowest BCUT2D eigenvalue weighted by Crippen LogP contribution is -2.21. The van der Waals surface area contributed by atoms with Gasteiger partial charge in [-0.2, -0.15) is 5.10 Å². The van der Waals surface area contributed by atoms with Gasteiger partial charge >= 0.3 is 0 Å². The zero-order chi connectivity index (χ0) is 11.0. The molecule has 0 atom stereocenters. The largest absolute Gasteiger partial charge is 0.394 e. The van der Waals surface area contributed by atoms with Crippen molar-refractivity contribution in [3.8, 4) is 5.82 Å². The highest BCUT2D eigenvalue weighted by atomic mass is 19.1. The summed E-state index contributed by atoms with van der Waals surface area (Å²) in [4.78, 5) is 11.6. The average Bonchev–Trinajstić information content (AvgIpc) is 2.50. The molecule has 2 heterocycles. The Kier molecular flexibility index (Phi) is 2.03. The van der Waals surface area contributed by atoms with E-state index in [-0.39, 0.29) is 11.5 Å². The number of hydrogen-bond acceptors (Lipinski definition) is 3. The van der Waals surface area contributed by atoms with Crippen LogP contribution < -0.4 is 11.3 Å². The molecular weight excluding hydrogens is 199 g/mol. The molecular formula is C9H9FN4O. The molecule has 15 heavy (non-hydrogen) atoms. The summed E-state index contributed by atoms with van der Waals surface area (Å²) in [5.74, 6) is -0.611. The second kappa shape index (κ2) is 3.23. The minimum absolute atomic E-state index is 0.0465. The summed E-state index contributed by atoms with van der Waals surface area (Å²) in [6.45, 7) is 0. The summed E-state index contributed by atoms with van der Waals surface area (Å²) in [6, 6.07) is 3.02. The zero-order valence-corrected chi connectivity index (χ0v) is 8.01. The average molecular weight is 208 g/mol. The minimum atomic E-state index is -0.565. The van der Waals surface area contributed by atoms with E-state index in [0.717, 1.165) is 4.57 Å². The zero-order valence-electron chi connectivity index (χ0n) is 8.01. The molecule has 0 saturated heterocycles. The molecule has 0 aliphatic carbocycles. The van der Waals surface area contributed by atoms with Crippen molar-refractivity contribution in [2.24, 2.45) is 7.05 Å².